The molecule has 0 spiro atoms. The highest BCUT2D eigenvalue weighted by atomic mass is 32.1. The van der Waals surface area contributed by atoms with Crippen molar-refractivity contribution < 1.29 is 74.0 Å². The van der Waals surface area contributed by atoms with Crippen molar-refractivity contribution in [1.82, 2.24) is 14.8 Å². The predicted octanol–water partition coefficient (Wildman–Crippen LogP) is 5.14. The molecule has 4 rings (SSSR count). The van der Waals surface area contributed by atoms with Crippen molar-refractivity contribution >= 4 is 29.2 Å². The van der Waals surface area contributed by atoms with Crippen LogP contribution in [0.15, 0.2) is 30.3 Å². The molecule has 260 valence electrons. The first-order valence-electron chi connectivity index (χ1n) is 12.9. The van der Waals surface area contributed by atoms with E-state index in [0.717, 1.165) is 37.4 Å². The van der Waals surface area contributed by atoms with E-state index in [4.69, 9.17) is 34.4 Å². The Balaban J connectivity index is 0.000000413. The molecule has 0 amide bonds. The van der Waals surface area contributed by atoms with Gasteiger partial charge in [-0.2, -0.15) is 39.5 Å². The number of thiophene rings is 1. The molecule has 0 bridgehead atoms. The van der Waals surface area contributed by atoms with Gasteiger partial charge in [0.15, 0.2) is 0 Å². The van der Waals surface area contributed by atoms with Crippen molar-refractivity contribution in [3.05, 3.63) is 51.5 Å². The number of piperazine rings is 1. The van der Waals surface area contributed by atoms with Crippen LogP contribution in [0.25, 0.3) is 0 Å². The fourth-order valence-corrected chi connectivity index (χ4v) is 4.93. The molecule has 2 fully saturated rings. The molecule has 4 heterocycles. The second-order valence-electron chi connectivity index (χ2n) is 9.74. The molecule has 2 saturated heterocycles. The van der Waals surface area contributed by atoms with Crippen LogP contribution in [0.5, 0.6) is 0 Å². The Labute approximate surface area is 260 Å². The average Bonchev–Trinajstić information content (AvgIpc) is 3.52. The summed E-state index contributed by atoms with van der Waals surface area (Å²) in [6, 6.07) is 11.3. The number of alkyl halides is 9. The summed E-state index contributed by atoms with van der Waals surface area (Å²) >= 11 is 1.93. The lowest BCUT2D eigenvalue weighted by Gasteiger charge is -2.37. The van der Waals surface area contributed by atoms with Gasteiger partial charge in [0.2, 0.25) is 0 Å². The molecule has 0 radical (unpaired) electrons. The number of rotatable bonds is 5. The molecule has 0 saturated carbocycles. The maximum atomic E-state index is 10.6. The normalized spacial score (nSPS) is 18.5. The minimum absolute atomic E-state index is 0.344. The van der Waals surface area contributed by atoms with Gasteiger partial charge >= 0.3 is 36.4 Å². The quantitative estimate of drug-likeness (QED) is 0.360. The third kappa shape index (κ3) is 15.7. The topological polar surface area (TPSA) is 140 Å². The molecule has 0 aromatic carbocycles. The first-order valence-corrected chi connectivity index (χ1v) is 13.8. The molecule has 2 aromatic heterocycles. The van der Waals surface area contributed by atoms with Crippen LogP contribution in [0, 0.1) is 13.8 Å². The number of aromatic nitrogens is 1. The van der Waals surface area contributed by atoms with Crippen LogP contribution in [0.4, 0.5) is 39.5 Å². The van der Waals surface area contributed by atoms with E-state index < -0.39 is 36.4 Å². The van der Waals surface area contributed by atoms with Gasteiger partial charge in [-0.05, 0) is 44.5 Å². The number of ether oxygens (including phenoxy) is 1. The van der Waals surface area contributed by atoms with Crippen LogP contribution < -0.4 is 0 Å². The number of aryl methyl sites for hydroxylation is 2. The largest absolute Gasteiger partial charge is 0.490 e. The molecule has 3 N–H and O–H groups in total. The van der Waals surface area contributed by atoms with Crippen molar-refractivity contribution in [3.8, 4) is 0 Å². The number of pyridine rings is 1. The monoisotopic (exact) mass is 699 g/mol. The summed E-state index contributed by atoms with van der Waals surface area (Å²) in [6.45, 7) is 10.5. The first-order chi connectivity index (χ1) is 21.0. The van der Waals surface area contributed by atoms with Crippen LogP contribution >= 0.6 is 11.3 Å². The molecule has 10 nitrogen and oxygen atoms in total. The molecule has 20 heteroatoms. The van der Waals surface area contributed by atoms with Crippen molar-refractivity contribution in [2.75, 3.05) is 26.2 Å². The van der Waals surface area contributed by atoms with Crippen molar-refractivity contribution in [1.29, 1.82) is 0 Å². The van der Waals surface area contributed by atoms with Gasteiger partial charge in [-0.1, -0.05) is 6.07 Å². The van der Waals surface area contributed by atoms with Gasteiger partial charge in [0, 0.05) is 54.2 Å². The van der Waals surface area contributed by atoms with Gasteiger partial charge in [0.05, 0.1) is 18.4 Å². The number of halogens is 9. The number of nitrogens with zero attached hydrogens (tertiary/aromatic N) is 3. The summed E-state index contributed by atoms with van der Waals surface area (Å²) in [5, 5.41) is 21.4. The first kappa shape index (κ1) is 40.5. The van der Waals surface area contributed by atoms with E-state index in [9.17, 15) is 39.5 Å². The van der Waals surface area contributed by atoms with Crippen LogP contribution in [-0.2, 0) is 32.3 Å². The second kappa shape index (κ2) is 17.4. The molecular formula is C26H30F9N3O7S. The highest BCUT2D eigenvalue weighted by Crippen LogP contribution is 2.26. The number of carboxylic acids is 3. The zero-order valence-electron chi connectivity index (χ0n) is 24.1. The summed E-state index contributed by atoms with van der Waals surface area (Å²) < 4.78 is 101. The van der Waals surface area contributed by atoms with Gasteiger partial charge in [-0.3, -0.25) is 14.8 Å². The number of carboxylic acid groups (broad SMARTS) is 3. The van der Waals surface area contributed by atoms with Gasteiger partial charge in [-0.25, -0.2) is 14.4 Å². The maximum Gasteiger partial charge on any atom is 0.490 e. The minimum Gasteiger partial charge on any atom is -0.475 e. The zero-order chi connectivity index (χ0) is 35.5. The molecule has 0 unspecified atom stereocenters. The molecule has 46 heavy (non-hydrogen) atoms. The van der Waals surface area contributed by atoms with Crippen molar-refractivity contribution in [2.24, 2.45) is 0 Å². The number of hydrogen-bond acceptors (Lipinski definition) is 8. The predicted molar refractivity (Wildman–Crippen MR) is 143 cm³/mol. The molecule has 2 aliphatic heterocycles. The number of aliphatic carboxylic acids is 3. The fourth-order valence-electron chi connectivity index (χ4n) is 4.00. The van der Waals surface area contributed by atoms with E-state index in [1.807, 2.05) is 24.3 Å². The third-order valence-corrected chi connectivity index (χ3v) is 6.96. The highest BCUT2D eigenvalue weighted by Gasteiger charge is 2.40. The number of carbonyl (C=O) groups is 3. The lowest BCUT2D eigenvalue weighted by Crippen LogP contribution is -2.49. The highest BCUT2D eigenvalue weighted by molar-refractivity contribution is 7.11. The van der Waals surface area contributed by atoms with Gasteiger partial charge in [-0.15, -0.1) is 11.3 Å². The van der Waals surface area contributed by atoms with E-state index in [0.29, 0.717) is 18.8 Å². The summed E-state index contributed by atoms with van der Waals surface area (Å²) in [4.78, 5) is 39.3. The summed E-state index contributed by atoms with van der Waals surface area (Å²) in [5.41, 5.74) is 2.10. The molecule has 0 aliphatic carbocycles. The molecule has 2 atom stereocenters. The van der Waals surface area contributed by atoms with E-state index in [2.05, 4.69) is 46.0 Å². The van der Waals surface area contributed by atoms with E-state index in [1.165, 1.54) is 22.8 Å². The standard InChI is InChI=1S/C20H27N3OS.3C2HF3O2/c1-15-4-3-5-17(21-15)14-24-19-10-18-11-22(8-9-23(18)12-19)13-20-7-6-16(2)25-20;3*3-2(4,5)1(6)7/h3-7,18-19H,8-14H2,1-2H3;3*(H,6,7)/t18-,19+;;;/m1.../s1. The number of fused-ring (bicyclic) bond motifs is 1. The lowest BCUT2D eigenvalue weighted by atomic mass is 10.1. The van der Waals surface area contributed by atoms with Crippen LogP contribution in [0.3, 0.4) is 0 Å². The van der Waals surface area contributed by atoms with E-state index in [1.54, 1.807) is 0 Å². The van der Waals surface area contributed by atoms with E-state index >= 15 is 0 Å². The van der Waals surface area contributed by atoms with Crippen molar-refractivity contribution in [3.63, 3.8) is 0 Å². The fraction of sp³-hybridized carbons (Fsp3) is 0.538. The Bertz CT molecular complexity index is 1230. The SMILES string of the molecule is Cc1cccc(CO[C@H]2C[C@@H]3CN(Cc4ccc(C)s4)CCN3C2)n1.O=C(O)C(F)(F)F.O=C(O)C(F)(F)F.O=C(O)C(F)(F)F. The van der Waals surface area contributed by atoms with Crippen LogP contribution in [-0.4, -0.2) is 105 Å². The van der Waals surface area contributed by atoms with E-state index in [-0.39, 0.29) is 0 Å². The zero-order valence-corrected chi connectivity index (χ0v) is 24.9. The van der Waals surface area contributed by atoms with Crippen LogP contribution in [0.1, 0.15) is 27.6 Å². The summed E-state index contributed by atoms with van der Waals surface area (Å²) in [5.74, 6) is -8.27. The smallest absolute Gasteiger partial charge is 0.475 e. The summed E-state index contributed by atoms with van der Waals surface area (Å²) in [6.07, 6.45) is -13.8. The Morgan fingerprint density at radius 2 is 1.37 bits per heavy atom. The molecular weight excluding hydrogens is 669 g/mol. The Morgan fingerprint density at radius 1 is 0.848 bits per heavy atom. The molecule has 2 aliphatic rings. The van der Waals surface area contributed by atoms with Gasteiger partial charge in [0.1, 0.15) is 0 Å². The minimum atomic E-state index is -5.08. The Hall–Kier alpha value is -3.49. The average molecular weight is 700 g/mol. The second-order valence-corrected chi connectivity index (χ2v) is 11.1. The van der Waals surface area contributed by atoms with Gasteiger partial charge < -0.3 is 20.1 Å². The lowest BCUT2D eigenvalue weighted by molar-refractivity contribution is -0.193. The molecule has 2 aromatic rings. The maximum absolute atomic E-state index is 10.6. The third-order valence-electron chi connectivity index (χ3n) is 5.98. The van der Waals surface area contributed by atoms with Crippen molar-refractivity contribution in [2.45, 2.75) is 64.1 Å². The summed E-state index contributed by atoms with van der Waals surface area (Å²) in [7, 11) is 0. The van der Waals surface area contributed by atoms with Crippen LogP contribution in [0.2, 0.25) is 0 Å². The number of hydrogen-bond donors (Lipinski definition) is 3. The Morgan fingerprint density at radius 3 is 1.80 bits per heavy atom. The van der Waals surface area contributed by atoms with Gasteiger partial charge in [0.25, 0.3) is 0 Å². The Kier molecular flexibility index (Phi) is 15.4.